The van der Waals surface area contributed by atoms with Gasteiger partial charge in [0.15, 0.2) is 0 Å². The molecule has 0 unspecified atom stereocenters. The molecule has 0 amide bonds. The van der Waals surface area contributed by atoms with Crippen LogP contribution in [0.25, 0.3) is 0 Å². The van der Waals surface area contributed by atoms with Gasteiger partial charge in [-0.25, -0.2) is 0 Å². The van der Waals surface area contributed by atoms with Crippen molar-refractivity contribution in [3.63, 3.8) is 0 Å². The molecule has 1 aliphatic carbocycles. The highest BCUT2D eigenvalue weighted by molar-refractivity contribution is 5.83. The summed E-state index contributed by atoms with van der Waals surface area (Å²) < 4.78 is 0. The normalized spacial score (nSPS) is 38.5. The van der Waals surface area contributed by atoms with E-state index in [0.717, 1.165) is 0 Å². The summed E-state index contributed by atoms with van der Waals surface area (Å²) in [5, 5.41) is 8.95. The monoisotopic (exact) mass is 114 g/mol. The van der Waals surface area contributed by atoms with E-state index in [4.69, 9.17) is 5.11 Å². The SMILES string of the molecule is C[C@@H]1C(=O)CC[C@H]1O. The van der Waals surface area contributed by atoms with Crippen LogP contribution in [0.15, 0.2) is 0 Å². The lowest BCUT2D eigenvalue weighted by molar-refractivity contribution is -0.121. The number of hydrogen-bond donors (Lipinski definition) is 1. The second kappa shape index (κ2) is 1.86. The molecule has 1 rings (SSSR count). The van der Waals surface area contributed by atoms with Crippen LogP contribution in [-0.2, 0) is 4.79 Å². The molecule has 1 fully saturated rings. The molecule has 0 aromatic heterocycles. The van der Waals surface area contributed by atoms with Crippen LogP contribution in [0.2, 0.25) is 0 Å². The van der Waals surface area contributed by atoms with Crippen LogP contribution >= 0.6 is 0 Å². The van der Waals surface area contributed by atoms with Gasteiger partial charge in [0, 0.05) is 12.3 Å². The molecule has 0 saturated heterocycles. The third kappa shape index (κ3) is 0.757. The van der Waals surface area contributed by atoms with Crippen molar-refractivity contribution < 1.29 is 9.90 Å². The molecule has 0 radical (unpaired) electrons. The molecule has 2 heteroatoms. The van der Waals surface area contributed by atoms with Gasteiger partial charge in [-0.1, -0.05) is 6.92 Å². The summed E-state index contributed by atoms with van der Waals surface area (Å²) in [6.45, 7) is 1.78. The summed E-state index contributed by atoms with van der Waals surface area (Å²) in [7, 11) is 0. The number of rotatable bonds is 0. The van der Waals surface area contributed by atoms with Crippen LogP contribution in [0.3, 0.4) is 0 Å². The van der Waals surface area contributed by atoms with Gasteiger partial charge >= 0.3 is 0 Å². The molecule has 0 aromatic carbocycles. The largest absolute Gasteiger partial charge is 0.392 e. The van der Waals surface area contributed by atoms with Gasteiger partial charge in [0.25, 0.3) is 0 Å². The zero-order valence-corrected chi connectivity index (χ0v) is 4.92. The maximum atomic E-state index is 10.6. The first-order valence-corrected chi connectivity index (χ1v) is 2.92. The number of aliphatic hydroxyl groups excluding tert-OH is 1. The minimum atomic E-state index is -0.359. The Labute approximate surface area is 48.5 Å². The topological polar surface area (TPSA) is 37.3 Å². The van der Waals surface area contributed by atoms with Crippen molar-refractivity contribution >= 4 is 5.78 Å². The molecule has 1 saturated carbocycles. The predicted octanol–water partition coefficient (Wildman–Crippen LogP) is 0.346. The molecule has 1 aliphatic rings. The van der Waals surface area contributed by atoms with Gasteiger partial charge in [-0.05, 0) is 6.42 Å². The highest BCUT2D eigenvalue weighted by Crippen LogP contribution is 2.20. The lowest BCUT2D eigenvalue weighted by atomic mass is 10.1. The van der Waals surface area contributed by atoms with Crippen LogP contribution in [0.1, 0.15) is 19.8 Å². The molecule has 0 aromatic rings. The van der Waals surface area contributed by atoms with Gasteiger partial charge < -0.3 is 5.11 Å². The first-order chi connectivity index (χ1) is 3.72. The van der Waals surface area contributed by atoms with Gasteiger partial charge in [-0.15, -0.1) is 0 Å². The molecule has 46 valence electrons. The van der Waals surface area contributed by atoms with Crippen LogP contribution in [0.4, 0.5) is 0 Å². The molecule has 8 heavy (non-hydrogen) atoms. The number of carbonyl (C=O) groups excluding carboxylic acids is 1. The smallest absolute Gasteiger partial charge is 0.138 e. The Morgan fingerprint density at radius 3 is 2.50 bits per heavy atom. The van der Waals surface area contributed by atoms with E-state index in [2.05, 4.69) is 0 Å². The van der Waals surface area contributed by atoms with Gasteiger partial charge in [0.1, 0.15) is 5.78 Å². The summed E-state index contributed by atoms with van der Waals surface area (Å²) in [5.41, 5.74) is 0. The van der Waals surface area contributed by atoms with Crippen molar-refractivity contribution in [3.05, 3.63) is 0 Å². The number of hydrogen-bond acceptors (Lipinski definition) is 2. The molecule has 0 aliphatic heterocycles. The molecule has 0 heterocycles. The van der Waals surface area contributed by atoms with Crippen LogP contribution in [0, 0.1) is 5.92 Å². The van der Waals surface area contributed by atoms with Gasteiger partial charge in [0.2, 0.25) is 0 Å². The summed E-state index contributed by atoms with van der Waals surface area (Å²) in [6.07, 6.45) is 0.880. The van der Waals surface area contributed by atoms with Crippen molar-refractivity contribution in [2.24, 2.45) is 5.92 Å². The standard InChI is InChI=1S/C6H10O2/c1-4-5(7)2-3-6(4)8/h4-5,7H,2-3H2,1H3/t4-,5+/m0/s1. The van der Waals surface area contributed by atoms with E-state index in [1.165, 1.54) is 0 Å². The fourth-order valence-corrected chi connectivity index (χ4v) is 0.982. The third-order valence-electron chi connectivity index (χ3n) is 1.77. The average Bonchev–Trinajstić information content (AvgIpc) is 1.98. The molecule has 2 atom stereocenters. The molecule has 1 N–H and O–H groups in total. The minimum Gasteiger partial charge on any atom is -0.392 e. The predicted molar refractivity (Wildman–Crippen MR) is 29.4 cm³/mol. The summed E-state index contributed by atoms with van der Waals surface area (Å²) in [6, 6.07) is 0. The molecule has 2 nitrogen and oxygen atoms in total. The van der Waals surface area contributed by atoms with Gasteiger partial charge in [0.05, 0.1) is 6.10 Å². The maximum absolute atomic E-state index is 10.6. The summed E-state index contributed by atoms with van der Waals surface area (Å²) >= 11 is 0. The van der Waals surface area contributed by atoms with Gasteiger partial charge in [-0.2, -0.15) is 0 Å². The van der Waals surface area contributed by atoms with Crippen LogP contribution in [0.5, 0.6) is 0 Å². The van der Waals surface area contributed by atoms with E-state index in [9.17, 15) is 4.79 Å². The summed E-state index contributed by atoms with van der Waals surface area (Å²) in [4.78, 5) is 10.6. The average molecular weight is 114 g/mol. The van der Waals surface area contributed by atoms with E-state index < -0.39 is 0 Å². The fraction of sp³-hybridized carbons (Fsp3) is 0.833. The molecule has 0 bridgehead atoms. The minimum absolute atomic E-state index is 0.102. The Morgan fingerprint density at radius 1 is 1.75 bits per heavy atom. The van der Waals surface area contributed by atoms with Crippen LogP contribution in [-0.4, -0.2) is 17.0 Å². The first kappa shape index (κ1) is 5.76. The van der Waals surface area contributed by atoms with E-state index in [0.29, 0.717) is 12.8 Å². The third-order valence-corrected chi connectivity index (χ3v) is 1.77. The number of carbonyl (C=O) groups is 1. The number of aliphatic hydroxyl groups is 1. The Morgan fingerprint density at radius 2 is 2.38 bits per heavy atom. The number of ketones is 1. The van der Waals surface area contributed by atoms with E-state index >= 15 is 0 Å². The lowest BCUT2D eigenvalue weighted by Crippen LogP contribution is -2.14. The zero-order chi connectivity index (χ0) is 6.15. The maximum Gasteiger partial charge on any atom is 0.138 e. The fourth-order valence-electron chi connectivity index (χ4n) is 0.982. The van der Waals surface area contributed by atoms with Crippen molar-refractivity contribution in [1.82, 2.24) is 0 Å². The van der Waals surface area contributed by atoms with Crippen molar-refractivity contribution in [3.8, 4) is 0 Å². The first-order valence-electron chi connectivity index (χ1n) is 2.92. The lowest BCUT2D eigenvalue weighted by Gasteiger charge is -2.02. The van der Waals surface area contributed by atoms with Crippen molar-refractivity contribution in [1.29, 1.82) is 0 Å². The van der Waals surface area contributed by atoms with Gasteiger partial charge in [-0.3, -0.25) is 4.79 Å². The highest BCUT2D eigenvalue weighted by atomic mass is 16.3. The Hall–Kier alpha value is -0.370. The van der Waals surface area contributed by atoms with Crippen LogP contribution < -0.4 is 0 Å². The Bertz CT molecular complexity index is 109. The van der Waals surface area contributed by atoms with E-state index in [1.54, 1.807) is 6.92 Å². The Kier molecular flexibility index (Phi) is 1.34. The highest BCUT2D eigenvalue weighted by Gasteiger charge is 2.28. The zero-order valence-electron chi connectivity index (χ0n) is 4.92. The van der Waals surface area contributed by atoms with Crippen molar-refractivity contribution in [2.45, 2.75) is 25.9 Å². The molecule has 0 spiro atoms. The quantitative estimate of drug-likeness (QED) is 0.493. The van der Waals surface area contributed by atoms with E-state index in [-0.39, 0.29) is 17.8 Å². The number of Topliss-reactive ketones (excluding diaryl/α,β-unsaturated/α-hetero) is 1. The second-order valence-corrected chi connectivity index (χ2v) is 2.36. The Balaban J connectivity index is 2.56. The molecular weight excluding hydrogens is 104 g/mol. The second-order valence-electron chi connectivity index (χ2n) is 2.36. The molecular formula is C6H10O2. The van der Waals surface area contributed by atoms with Crippen molar-refractivity contribution in [2.75, 3.05) is 0 Å². The summed E-state index contributed by atoms with van der Waals surface area (Å²) in [5.74, 6) is 0.104. The van der Waals surface area contributed by atoms with E-state index in [1.807, 2.05) is 0 Å².